The number of hydrogen-bond donors (Lipinski definition) is 3. The maximum absolute atomic E-state index is 11.5. The maximum Gasteiger partial charge on any atom is 0.305 e. The van der Waals surface area contributed by atoms with Crippen LogP contribution in [-0.2, 0) is 20.8 Å². The molecule has 0 saturated heterocycles. The second-order valence-corrected chi connectivity index (χ2v) is 3.78. The monoisotopic (exact) mass is 250 g/mol. The van der Waals surface area contributed by atoms with Crippen LogP contribution in [0.5, 0.6) is 0 Å². The smallest absolute Gasteiger partial charge is 0.305 e. The molecule has 0 heterocycles. The van der Waals surface area contributed by atoms with Crippen LogP contribution >= 0.6 is 0 Å². The summed E-state index contributed by atoms with van der Waals surface area (Å²) in [4.78, 5) is 33.2. The number of imide groups is 1. The SMILES string of the molecule is NC(CC(=O)O)C(=O)NC(=O)Cc1ccccc1. The zero-order chi connectivity index (χ0) is 13.5. The molecule has 0 saturated carbocycles. The number of hydrogen-bond acceptors (Lipinski definition) is 4. The summed E-state index contributed by atoms with van der Waals surface area (Å²) in [6, 6.07) is 7.65. The summed E-state index contributed by atoms with van der Waals surface area (Å²) in [6.45, 7) is 0. The first-order chi connectivity index (χ1) is 8.49. The van der Waals surface area contributed by atoms with E-state index in [-0.39, 0.29) is 6.42 Å². The topological polar surface area (TPSA) is 109 Å². The van der Waals surface area contributed by atoms with E-state index in [0.29, 0.717) is 0 Å². The van der Waals surface area contributed by atoms with Gasteiger partial charge in [0, 0.05) is 0 Å². The Bertz CT molecular complexity index is 445. The van der Waals surface area contributed by atoms with Crippen molar-refractivity contribution in [3.63, 3.8) is 0 Å². The van der Waals surface area contributed by atoms with Crippen molar-refractivity contribution >= 4 is 17.8 Å². The first-order valence-electron chi connectivity index (χ1n) is 5.34. The van der Waals surface area contributed by atoms with E-state index in [2.05, 4.69) is 5.32 Å². The molecule has 0 spiro atoms. The highest BCUT2D eigenvalue weighted by molar-refractivity contribution is 5.99. The van der Waals surface area contributed by atoms with Gasteiger partial charge in [0.25, 0.3) is 0 Å². The summed E-state index contributed by atoms with van der Waals surface area (Å²) in [5.41, 5.74) is 6.07. The van der Waals surface area contributed by atoms with E-state index < -0.39 is 30.2 Å². The van der Waals surface area contributed by atoms with E-state index in [0.717, 1.165) is 5.56 Å². The van der Waals surface area contributed by atoms with E-state index >= 15 is 0 Å². The van der Waals surface area contributed by atoms with Crippen LogP contribution in [0.3, 0.4) is 0 Å². The van der Waals surface area contributed by atoms with Gasteiger partial charge in [-0.1, -0.05) is 30.3 Å². The molecule has 0 aromatic heterocycles. The number of benzene rings is 1. The van der Waals surface area contributed by atoms with Crippen LogP contribution in [-0.4, -0.2) is 28.9 Å². The lowest BCUT2D eigenvalue weighted by Crippen LogP contribution is -2.44. The van der Waals surface area contributed by atoms with E-state index in [1.807, 2.05) is 6.07 Å². The van der Waals surface area contributed by atoms with Crippen molar-refractivity contribution in [2.24, 2.45) is 5.73 Å². The van der Waals surface area contributed by atoms with Crippen LogP contribution in [0.4, 0.5) is 0 Å². The minimum absolute atomic E-state index is 0.0480. The summed E-state index contributed by atoms with van der Waals surface area (Å²) in [5, 5.41) is 10.5. The Balaban J connectivity index is 2.45. The Hall–Kier alpha value is -2.21. The van der Waals surface area contributed by atoms with Crippen molar-refractivity contribution < 1.29 is 19.5 Å². The lowest BCUT2D eigenvalue weighted by Gasteiger charge is -2.09. The average molecular weight is 250 g/mol. The van der Waals surface area contributed by atoms with Gasteiger partial charge < -0.3 is 10.8 Å². The number of carbonyl (C=O) groups is 3. The van der Waals surface area contributed by atoms with Crippen molar-refractivity contribution in [3.8, 4) is 0 Å². The van der Waals surface area contributed by atoms with Crippen molar-refractivity contribution in [2.45, 2.75) is 18.9 Å². The molecule has 0 bridgehead atoms. The number of carbonyl (C=O) groups excluding carboxylic acids is 2. The van der Waals surface area contributed by atoms with Crippen LogP contribution < -0.4 is 11.1 Å². The first kappa shape index (κ1) is 13.9. The first-order valence-corrected chi connectivity index (χ1v) is 5.34. The van der Waals surface area contributed by atoms with Gasteiger partial charge in [0.05, 0.1) is 18.9 Å². The van der Waals surface area contributed by atoms with Crippen molar-refractivity contribution in [3.05, 3.63) is 35.9 Å². The number of nitrogens with one attached hydrogen (secondary N) is 1. The predicted octanol–water partition coefficient (Wildman–Crippen LogP) is -0.326. The summed E-state index contributed by atoms with van der Waals surface area (Å²) < 4.78 is 0. The molecule has 18 heavy (non-hydrogen) atoms. The molecule has 1 aromatic rings. The number of carboxylic acid groups (broad SMARTS) is 1. The van der Waals surface area contributed by atoms with Crippen LogP contribution in [0.15, 0.2) is 30.3 Å². The van der Waals surface area contributed by atoms with Gasteiger partial charge in [-0.25, -0.2) is 0 Å². The average Bonchev–Trinajstić information content (AvgIpc) is 2.29. The zero-order valence-electron chi connectivity index (χ0n) is 9.63. The molecule has 6 nitrogen and oxygen atoms in total. The van der Waals surface area contributed by atoms with Crippen molar-refractivity contribution in [1.29, 1.82) is 0 Å². The van der Waals surface area contributed by atoms with Gasteiger partial charge in [0.1, 0.15) is 0 Å². The standard InChI is InChI=1S/C12H14N2O4/c13-9(7-11(16)17)12(18)14-10(15)6-8-4-2-1-3-5-8/h1-5,9H,6-7,13H2,(H,16,17)(H,14,15,18). The van der Waals surface area contributed by atoms with Gasteiger partial charge in [-0.05, 0) is 5.56 Å². The van der Waals surface area contributed by atoms with Crippen molar-refractivity contribution in [1.82, 2.24) is 5.32 Å². The molecule has 2 amide bonds. The Morgan fingerprint density at radius 1 is 1.22 bits per heavy atom. The molecular formula is C12H14N2O4. The Morgan fingerprint density at radius 3 is 2.39 bits per heavy atom. The van der Waals surface area contributed by atoms with Crippen LogP contribution in [0.25, 0.3) is 0 Å². The third-order valence-corrected chi connectivity index (χ3v) is 2.20. The molecule has 0 aliphatic carbocycles. The Labute approximate surface area is 104 Å². The Kier molecular flexibility index (Phi) is 5.01. The molecule has 6 heteroatoms. The molecule has 1 atom stereocenters. The van der Waals surface area contributed by atoms with Crippen LogP contribution in [0.1, 0.15) is 12.0 Å². The molecule has 0 fully saturated rings. The number of carboxylic acids is 1. The second-order valence-electron chi connectivity index (χ2n) is 3.78. The van der Waals surface area contributed by atoms with Crippen molar-refractivity contribution in [2.75, 3.05) is 0 Å². The minimum atomic E-state index is -1.22. The fourth-order valence-corrected chi connectivity index (χ4v) is 1.34. The van der Waals surface area contributed by atoms with Gasteiger partial charge in [0.15, 0.2) is 0 Å². The number of nitrogens with two attached hydrogens (primary N) is 1. The minimum Gasteiger partial charge on any atom is -0.481 e. The van der Waals surface area contributed by atoms with Gasteiger partial charge in [-0.3, -0.25) is 19.7 Å². The largest absolute Gasteiger partial charge is 0.481 e. The van der Waals surface area contributed by atoms with E-state index in [1.54, 1.807) is 24.3 Å². The van der Waals surface area contributed by atoms with Gasteiger partial charge >= 0.3 is 5.97 Å². The predicted molar refractivity (Wildman–Crippen MR) is 63.5 cm³/mol. The lowest BCUT2D eigenvalue weighted by atomic mass is 10.1. The highest BCUT2D eigenvalue weighted by atomic mass is 16.4. The third kappa shape index (κ3) is 4.75. The maximum atomic E-state index is 11.5. The second kappa shape index (κ2) is 6.51. The normalized spacial score (nSPS) is 11.6. The summed E-state index contributed by atoms with van der Waals surface area (Å²) >= 11 is 0. The Morgan fingerprint density at radius 2 is 1.83 bits per heavy atom. The molecule has 4 N–H and O–H groups in total. The third-order valence-electron chi connectivity index (χ3n) is 2.20. The highest BCUT2D eigenvalue weighted by Crippen LogP contribution is 1.99. The quantitative estimate of drug-likeness (QED) is 0.663. The van der Waals surface area contributed by atoms with Gasteiger partial charge in [0.2, 0.25) is 11.8 Å². The zero-order valence-corrected chi connectivity index (χ0v) is 9.63. The molecule has 0 aliphatic heterocycles. The molecule has 1 aromatic carbocycles. The molecule has 0 aliphatic rings. The number of amides is 2. The van der Waals surface area contributed by atoms with Crippen LogP contribution in [0.2, 0.25) is 0 Å². The summed E-state index contributed by atoms with van der Waals surface area (Å²) in [7, 11) is 0. The number of aliphatic carboxylic acids is 1. The van der Waals surface area contributed by atoms with E-state index in [9.17, 15) is 14.4 Å². The van der Waals surface area contributed by atoms with Crippen LogP contribution in [0, 0.1) is 0 Å². The fraction of sp³-hybridized carbons (Fsp3) is 0.250. The number of rotatable bonds is 5. The van der Waals surface area contributed by atoms with E-state index in [1.165, 1.54) is 0 Å². The lowest BCUT2D eigenvalue weighted by molar-refractivity contribution is -0.140. The highest BCUT2D eigenvalue weighted by Gasteiger charge is 2.19. The molecular weight excluding hydrogens is 236 g/mol. The molecule has 1 unspecified atom stereocenters. The molecule has 0 radical (unpaired) electrons. The molecule has 96 valence electrons. The molecule has 1 rings (SSSR count). The van der Waals surface area contributed by atoms with Gasteiger partial charge in [-0.2, -0.15) is 0 Å². The van der Waals surface area contributed by atoms with E-state index in [4.69, 9.17) is 10.8 Å². The summed E-state index contributed by atoms with van der Waals surface area (Å²) in [5.74, 6) is -2.47. The fourth-order valence-electron chi connectivity index (χ4n) is 1.34. The van der Waals surface area contributed by atoms with Gasteiger partial charge in [-0.15, -0.1) is 0 Å². The summed E-state index contributed by atoms with van der Waals surface area (Å²) in [6.07, 6.45) is -0.461.